The van der Waals surface area contributed by atoms with Crippen LogP contribution in [0.25, 0.3) is 0 Å². The Labute approximate surface area is 240 Å². The summed E-state index contributed by atoms with van der Waals surface area (Å²) in [5, 5.41) is 95.7. The standard InChI is InChI=1S/C23H43N3O16/c1-3-10(31)26-13-16(34)18(39-21-12(25)15(33)19(35)23(6-29,42-21)41-7(2)30)9(5-28)38-22(13)40-17-8(4-27)37-20(36)11(24)14(17)32/h8-22,26-29,31-36H,3-6,24-25H2,1-2H3/t8-,9-,10?,11-,12-,13-,14-,15-,16-,17?,18?,19+,20-,21+,22+,23+/m1/s1. The van der Waals surface area contributed by atoms with Crippen molar-refractivity contribution in [3.63, 3.8) is 0 Å². The van der Waals surface area contributed by atoms with Crippen molar-refractivity contribution in [2.75, 3.05) is 19.8 Å². The van der Waals surface area contributed by atoms with E-state index in [0.717, 1.165) is 6.92 Å². The van der Waals surface area contributed by atoms with Gasteiger partial charge >= 0.3 is 5.97 Å². The molecule has 0 radical (unpaired) electrons. The average Bonchev–Trinajstić information content (AvgIpc) is 2.96. The van der Waals surface area contributed by atoms with E-state index < -0.39 is 124 Å². The van der Waals surface area contributed by atoms with Crippen molar-refractivity contribution in [2.45, 2.75) is 118 Å². The number of hydrogen-bond donors (Lipinski definition) is 12. The van der Waals surface area contributed by atoms with Crippen LogP contribution in [0.3, 0.4) is 0 Å². The second-order valence-electron chi connectivity index (χ2n) is 10.4. The van der Waals surface area contributed by atoms with Crippen LogP contribution in [0.5, 0.6) is 0 Å². The molecule has 0 aromatic carbocycles. The maximum atomic E-state index is 11.7. The van der Waals surface area contributed by atoms with Gasteiger partial charge in [-0.05, 0) is 6.42 Å². The van der Waals surface area contributed by atoms with Gasteiger partial charge in [0.15, 0.2) is 18.9 Å². The molecule has 16 atom stereocenters. The third-order valence-electron chi connectivity index (χ3n) is 7.46. The van der Waals surface area contributed by atoms with E-state index in [0.29, 0.717) is 0 Å². The molecule has 3 unspecified atom stereocenters. The molecule has 3 fully saturated rings. The summed E-state index contributed by atoms with van der Waals surface area (Å²) in [7, 11) is 0. The Hall–Kier alpha value is -1.21. The molecule has 0 aliphatic carbocycles. The number of carbonyl (C=O) groups excluding carboxylic acids is 1. The van der Waals surface area contributed by atoms with E-state index in [1.165, 1.54) is 0 Å². The number of carbonyl (C=O) groups is 1. The van der Waals surface area contributed by atoms with Crippen molar-refractivity contribution in [3.8, 4) is 0 Å². The molecule has 3 heterocycles. The van der Waals surface area contributed by atoms with Crippen LogP contribution >= 0.6 is 0 Å². The zero-order valence-electron chi connectivity index (χ0n) is 23.0. The smallest absolute Gasteiger partial charge is 0.305 e. The third-order valence-corrected chi connectivity index (χ3v) is 7.46. The molecule has 3 aliphatic rings. The normalized spacial score (nSPS) is 47.2. The number of ether oxygens (including phenoxy) is 6. The van der Waals surface area contributed by atoms with Gasteiger partial charge in [-0.15, -0.1) is 0 Å². The van der Waals surface area contributed by atoms with E-state index >= 15 is 0 Å². The van der Waals surface area contributed by atoms with Gasteiger partial charge in [0, 0.05) is 6.92 Å². The minimum Gasteiger partial charge on any atom is -0.428 e. The van der Waals surface area contributed by atoms with Crippen molar-refractivity contribution in [2.24, 2.45) is 11.5 Å². The molecular formula is C23H43N3O16. The highest BCUT2D eigenvalue weighted by atomic mass is 16.8. The van der Waals surface area contributed by atoms with E-state index in [9.17, 15) is 50.8 Å². The van der Waals surface area contributed by atoms with Crippen LogP contribution in [0.15, 0.2) is 0 Å². The van der Waals surface area contributed by atoms with Gasteiger partial charge in [-0.2, -0.15) is 0 Å². The van der Waals surface area contributed by atoms with Crippen LogP contribution in [0.1, 0.15) is 20.3 Å². The van der Waals surface area contributed by atoms with Crippen LogP contribution in [0.2, 0.25) is 0 Å². The lowest BCUT2D eigenvalue weighted by Gasteiger charge is -2.51. The molecular weight excluding hydrogens is 574 g/mol. The molecule has 3 saturated heterocycles. The van der Waals surface area contributed by atoms with Gasteiger partial charge in [0.25, 0.3) is 5.79 Å². The Bertz CT molecular complexity index is 876. The van der Waals surface area contributed by atoms with E-state index in [1.54, 1.807) is 6.92 Å². The summed E-state index contributed by atoms with van der Waals surface area (Å²) in [5.41, 5.74) is 11.8. The molecule has 14 N–H and O–H groups in total. The molecule has 19 nitrogen and oxygen atoms in total. The monoisotopic (exact) mass is 617 g/mol. The van der Waals surface area contributed by atoms with Gasteiger partial charge in [-0.3, -0.25) is 10.1 Å². The number of nitrogens with one attached hydrogen (secondary N) is 1. The lowest BCUT2D eigenvalue weighted by Crippen LogP contribution is -2.72. The predicted molar refractivity (Wildman–Crippen MR) is 133 cm³/mol. The first kappa shape index (κ1) is 35.3. The van der Waals surface area contributed by atoms with Gasteiger partial charge in [-0.25, -0.2) is 0 Å². The quantitative estimate of drug-likeness (QED) is 0.0756. The largest absolute Gasteiger partial charge is 0.428 e. The number of esters is 1. The molecule has 0 saturated carbocycles. The van der Waals surface area contributed by atoms with Crippen molar-refractivity contribution >= 4 is 5.97 Å². The highest BCUT2D eigenvalue weighted by molar-refractivity contribution is 5.66. The first-order valence-corrected chi connectivity index (χ1v) is 13.4. The third kappa shape index (κ3) is 7.19. The summed E-state index contributed by atoms with van der Waals surface area (Å²) in [5.74, 6) is -3.48. The Morgan fingerprint density at radius 2 is 1.48 bits per heavy atom. The molecule has 42 heavy (non-hydrogen) atoms. The maximum Gasteiger partial charge on any atom is 0.305 e. The Morgan fingerprint density at radius 1 is 0.905 bits per heavy atom. The van der Waals surface area contributed by atoms with Gasteiger partial charge in [0.05, 0.1) is 31.3 Å². The highest BCUT2D eigenvalue weighted by Crippen LogP contribution is 2.35. The number of nitrogens with two attached hydrogens (primary N) is 2. The summed E-state index contributed by atoms with van der Waals surface area (Å²) in [6, 6.07) is -4.26. The second-order valence-corrected chi connectivity index (χ2v) is 10.4. The minimum absolute atomic E-state index is 0.137. The molecule has 0 amide bonds. The number of aliphatic hydroxyl groups excluding tert-OH is 9. The second kappa shape index (κ2) is 14.7. The SMILES string of the molecule is CCC(O)N[C@H]1[C@H](OC2[C@@H](CO)O[C@@H](O)[C@H](N)[C@H]2O)O[C@H](CO)C(O[C@H]2O[C@](CO)(OC(C)=O)[C@@H](O)[C@H](O)[C@H]2N)[C@@H]1O. The summed E-state index contributed by atoms with van der Waals surface area (Å²) in [6.45, 7) is -0.0879. The Kier molecular flexibility index (Phi) is 12.4. The highest BCUT2D eigenvalue weighted by Gasteiger charge is 2.58. The Morgan fingerprint density at radius 3 is 2.02 bits per heavy atom. The van der Waals surface area contributed by atoms with Crippen LogP contribution in [-0.2, 0) is 33.2 Å². The topological polar surface area (TPSA) is 319 Å². The lowest BCUT2D eigenvalue weighted by molar-refractivity contribution is -0.399. The predicted octanol–water partition coefficient (Wildman–Crippen LogP) is -7.42. The van der Waals surface area contributed by atoms with Crippen molar-refractivity contribution < 1.29 is 79.2 Å². The van der Waals surface area contributed by atoms with Crippen LogP contribution in [0.4, 0.5) is 0 Å². The first-order valence-electron chi connectivity index (χ1n) is 13.4. The lowest BCUT2D eigenvalue weighted by atomic mass is 9.93. The minimum atomic E-state index is -2.50. The number of rotatable bonds is 11. The molecule has 19 heteroatoms. The van der Waals surface area contributed by atoms with E-state index in [4.69, 9.17) is 39.9 Å². The fourth-order valence-electron chi connectivity index (χ4n) is 5.03. The number of hydrogen-bond acceptors (Lipinski definition) is 19. The van der Waals surface area contributed by atoms with E-state index in [-0.39, 0.29) is 6.42 Å². The summed E-state index contributed by atoms with van der Waals surface area (Å²) < 4.78 is 33.1. The summed E-state index contributed by atoms with van der Waals surface area (Å²) in [6.07, 6.45) is -18.9. The van der Waals surface area contributed by atoms with Gasteiger partial charge in [-0.1, -0.05) is 6.92 Å². The van der Waals surface area contributed by atoms with E-state index in [1.807, 2.05) is 0 Å². The zero-order valence-corrected chi connectivity index (χ0v) is 23.0. The molecule has 246 valence electrons. The first-order chi connectivity index (χ1) is 19.7. The fourth-order valence-corrected chi connectivity index (χ4v) is 5.03. The summed E-state index contributed by atoms with van der Waals surface area (Å²) >= 11 is 0. The summed E-state index contributed by atoms with van der Waals surface area (Å²) in [4.78, 5) is 11.7. The molecule has 0 bridgehead atoms. The van der Waals surface area contributed by atoms with Crippen molar-refractivity contribution in [3.05, 3.63) is 0 Å². The van der Waals surface area contributed by atoms with Gasteiger partial charge in [0.1, 0.15) is 61.7 Å². The Balaban J connectivity index is 1.90. The van der Waals surface area contributed by atoms with Crippen LogP contribution in [0, 0.1) is 0 Å². The number of aliphatic hydroxyl groups is 9. The molecule has 3 aliphatic heterocycles. The van der Waals surface area contributed by atoms with E-state index in [2.05, 4.69) is 5.32 Å². The maximum absolute atomic E-state index is 11.7. The molecule has 3 rings (SSSR count). The average molecular weight is 618 g/mol. The van der Waals surface area contributed by atoms with Crippen LogP contribution < -0.4 is 16.8 Å². The fraction of sp³-hybridized carbons (Fsp3) is 0.957. The van der Waals surface area contributed by atoms with Crippen molar-refractivity contribution in [1.29, 1.82) is 0 Å². The van der Waals surface area contributed by atoms with Crippen LogP contribution in [-0.4, -0.2) is 170 Å². The van der Waals surface area contributed by atoms with Crippen molar-refractivity contribution in [1.82, 2.24) is 5.32 Å². The van der Waals surface area contributed by atoms with Gasteiger partial charge < -0.3 is 85.8 Å². The van der Waals surface area contributed by atoms with Gasteiger partial charge in [0.2, 0.25) is 0 Å². The molecule has 0 aromatic rings. The zero-order chi connectivity index (χ0) is 31.5. The molecule has 0 spiro atoms. The molecule has 0 aromatic heterocycles.